The molecule has 2 aromatic carbocycles. The smallest absolute Gasteiger partial charge is 0.244 e. The first kappa shape index (κ1) is 17.8. The SMILES string of the molecule is CCC(CO)NC(=O)/C=C/c1cccc(OCc2ccccc2)c1. The molecule has 0 aliphatic carbocycles. The van der Waals surface area contributed by atoms with Gasteiger partial charge in [0.05, 0.1) is 12.6 Å². The summed E-state index contributed by atoms with van der Waals surface area (Å²) in [4.78, 5) is 11.8. The molecule has 0 saturated carbocycles. The second-order valence-electron chi connectivity index (χ2n) is 5.48. The Hall–Kier alpha value is -2.59. The maximum absolute atomic E-state index is 11.8. The van der Waals surface area contributed by atoms with Gasteiger partial charge in [0.25, 0.3) is 0 Å². The van der Waals surface area contributed by atoms with E-state index < -0.39 is 0 Å². The molecule has 24 heavy (non-hydrogen) atoms. The second kappa shape index (κ2) is 9.53. The van der Waals surface area contributed by atoms with Gasteiger partial charge in [-0.15, -0.1) is 0 Å². The van der Waals surface area contributed by atoms with Crippen molar-refractivity contribution >= 4 is 12.0 Å². The number of rotatable bonds is 8. The van der Waals surface area contributed by atoms with Crippen LogP contribution in [0.15, 0.2) is 60.7 Å². The van der Waals surface area contributed by atoms with Crippen LogP contribution in [0.5, 0.6) is 5.75 Å². The fraction of sp³-hybridized carbons (Fsp3) is 0.250. The Morgan fingerprint density at radius 3 is 2.71 bits per heavy atom. The van der Waals surface area contributed by atoms with Gasteiger partial charge in [-0.2, -0.15) is 0 Å². The van der Waals surface area contributed by atoms with Gasteiger partial charge in [0, 0.05) is 6.08 Å². The molecule has 0 bridgehead atoms. The predicted octanol–water partition coefficient (Wildman–Crippen LogP) is 3.17. The molecule has 4 heteroatoms. The zero-order valence-corrected chi connectivity index (χ0v) is 13.8. The van der Waals surface area contributed by atoms with Crippen LogP contribution in [0.2, 0.25) is 0 Å². The Kier molecular flexibility index (Phi) is 7.05. The number of ether oxygens (including phenoxy) is 1. The van der Waals surface area contributed by atoms with E-state index in [9.17, 15) is 4.79 Å². The zero-order valence-electron chi connectivity index (χ0n) is 13.8. The monoisotopic (exact) mass is 325 g/mol. The molecule has 0 radical (unpaired) electrons. The molecule has 0 spiro atoms. The summed E-state index contributed by atoms with van der Waals surface area (Å²) in [7, 11) is 0. The summed E-state index contributed by atoms with van der Waals surface area (Å²) in [6.07, 6.45) is 3.89. The standard InChI is InChI=1S/C20H23NO3/c1-2-18(14-22)21-20(23)12-11-16-9-6-10-19(13-16)24-15-17-7-4-3-5-8-17/h3-13,18,22H,2,14-15H2,1H3,(H,21,23)/b12-11+. The van der Waals surface area contributed by atoms with E-state index >= 15 is 0 Å². The van der Waals surface area contributed by atoms with Crippen molar-refractivity contribution in [1.29, 1.82) is 0 Å². The van der Waals surface area contributed by atoms with Crippen LogP contribution in [0.1, 0.15) is 24.5 Å². The highest BCUT2D eigenvalue weighted by atomic mass is 16.5. The van der Waals surface area contributed by atoms with E-state index in [4.69, 9.17) is 9.84 Å². The number of hydrogen-bond acceptors (Lipinski definition) is 3. The number of aliphatic hydroxyl groups is 1. The van der Waals surface area contributed by atoms with Gasteiger partial charge in [0.1, 0.15) is 12.4 Å². The number of aliphatic hydroxyl groups excluding tert-OH is 1. The lowest BCUT2D eigenvalue weighted by Gasteiger charge is -2.11. The van der Waals surface area contributed by atoms with E-state index in [-0.39, 0.29) is 18.6 Å². The Balaban J connectivity index is 1.92. The molecule has 1 unspecified atom stereocenters. The maximum Gasteiger partial charge on any atom is 0.244 e. The highest BCUT2D eigenvalue weighted by molar-refractivity contribution is 5.91. The number of carbonyl (C=O) groups excluding carboxylic acids is 1. The van der Waals surface area contributed by atoms with Crippen LogP contribution in [-0.2, 0) is 11.4 Å². The van der Waals surface area contributed by atoms with Crippen LogP contribution in [0.3, 0.4) is 0 Å². The molecule has 0 aliphatic rings. The van der Waals surface area contributed by atoms with Crippen molar-refractivity contribution in [3.05, 3.63) is 71.8 Å². The van der Waals surface area contributed by atoms with Crippen molar-refractivity contribution < 1.29 is 14.6 Å². The summed E-state index contributed by atoms with van der Waals surface area (Å²) >= 11 is 0. The highest BCUT2D eigenvalue weighted by Gasteiger charge is 2.06. The first-order valence-corrected chi connectivity index (χ1v) is 8.07. The average molecular weight is 325 g/mol. The van der Waals surface area contributed by atoms with Crippen molar-refractivity contribution in [1.82, 2.24) is 5.32 Å². The summed E-state index contributed by atoms with van der Waals surface area (Å²) in [5, 5.41) is 11.8. The van der Waals surface area contributed by atoms with Crippen LogP contribution in [-0.4, -0.2) is 23.7 Å². The third kappa shape index (κ3) is 5.89. The van der Waals surface area contributed by atoms with E-state index in [2.05, 4.69) is 5.32 Å². The molecule has 1 atom stereocenters. The number of hydrogen-bond donors (Lipinski definition) is 2. The van der Waals surface area contributed by atoms with Gasteiger partial charge in [0.2, 0.25) is 5.91 Å². The minimum Gasteiger partial charge on any atom is -0.489 e. The average Bonchev–Trinajstić information content (AvgIpc) is 2.64. The minimum absolute atomic E-state index is 0.0567. The lowest BCUT2D eigenvalue weighted by atomic mass is 10.2. The van der Waals surface area contributed by atoms with Gasteiger partial charge in [-0.25, -0.2) is 0 Å². The van der Waals surface area contributed by atoms with Crippen molar-refractivity contribution in [2.24, 2.45) is 0 Å². The summed E-state index contributed by atoms with van der Waals surface area (Å²) in [6, 6.07) is 17.3. The van der Waals surface area contributed by atoms with Crippen molar-refractivity contribution in [3.8, 4) is 5.75 Å². The van der Waals surface area contributed by atoms with Crippen LogP contribution in [0.25, 0.3) is 6.08 Å². The van der Waals surface area contributed by atoms with Gasteiger partial charge in [-0.1, -0.05) is 49.4 Å². The van der Waals surface area contributed by atoms with Gasteiger partial charge >= 0.3 is 0 Å². The normalized spacial score (nSPS) is 12.1. The molecule has 0 heterocycles. The topological polar surface area (TPSA) is 58.6 Å². The summed E-state index contributed by atoms with van der Waals surface area (Å²) in [6.45, 7) is 2.36. The van der Waals surface area contributed by atoms with E-state index in [0.29, 0.717) is 13.0 Å². The van der Waals surface area contributed by atoms with Crippen LogP contribution in [0, 0.1) is 0 Å². The van der Waals surface area contributed by atoms with E-state index in [1.807, 2.05) is 61.5 Å². The number of nitrogens with one attached hydrogen (secondary N) is 1. The van der Waals surface area contributed by atoms with Gasteiger partial charge in [-0.3, -0.25) is 4.79 Å². The molecule has 2 aromatic rings. The molecule has 2 rings (SSSR count). The molecule has 2 N–H and O–H groups in total. The predicted molar refractivity (Wildman–Crippen MR) is 95.6 cm³/mol. The minimum atomic E-state index is -0.216. The van der Waals surface area contributed by atoms with Crippen LogP contribution >= 0.6 is 0 Å². The lowest BCUT2D eigenvalue weighted by Crippen LogP contribution is -2.35. The molecule has 0 fully saturated rings. The Labute approximate surface area is 142 Å². The van der Waals surface area contributed by atoms with Gasteiger partial charge in [-0.05, 0) is 35.8 Å². The van der Waals surface area contributed by atoms with Gasteiger partial charge < -0.3 is 15.2 Å². The van der Waals surface area contributed by atoms with Gasteiger partial charge in [0.15, 0.2) is 0 Å². The van der Waals surface area contributed by atoms with E-state index in [1.165, 1.54) is 6.08 Å². The quantitative estimate of drug-likeness (QED) is 0.733. The molecular formula is C20H23NO3. The molecule has 126 valence electrons. The number of amides is 1. The Morgan fingerprint density at radius 1 is 1.21 bits per heavy atom. The highest BCUT2D eigenvalue weighted by Crippen LogP contribution is 2.16. The molecular weight excluding hydrogens is 302 g/mol. The lowest BCUT2D eigenvalue weighted by molar-refractivity contribution is -0.117. The van der Waals surface area contributed by atoms with Crippen molar-refractivity contribution in [3.63, 3.8) is 0 Å². The van der Waals surface area contributed by atoms with Crippen LogP contribution < -0.4 is 10.1 Å². The molecule has 0 aromatic heterocycles. The third-order valence-electron chi connectivity index (χ3n) is 3.59. The summed E-state index contributed by atoms with van der Waals surface area (Å²) < 4.78 is 5.77. The first-order valence-electron chi connectivity index (χ1n) is 8.07. The summed E-state index contributed by atoms with van der Waals surface area (Å²) in [5.41, 5.74) is 1.99. The van der Waals surface area contributed by atoms with Crippen LogP contribution in [0.4, 0.5) is 0 Å². The van der Waals surface area contributed by atoms with Crippen molar-refractivity contribution in [2.75, 3.05) is 6.61 Å². The number of carbonyl (C=O) groups is 1. The Morgan fingerprint density at radius 2 is 2.00 bits per heavy atom. The second-order valence-corrected chi connectivity index (χ2v) is 5.48. The van der Waals surface area contributed by atoms with E-state index in [0.717, 1.165) is 16.9 Å². The maximum atomic E-state index is 11.8. The third-order valence-corrected chi connectivity index (χ3v) is 3.59. The molecule has 4 nitrogen and oxygen atoms in total. The van der Waals surface area contributed by atoms with E-state index in [1.54, 1.807) is 6.08 Å². The molecule has 0 saturated heterocycles. The zero-order chi connectivity index (χ0) is 17.2. The fourth-order valence-corrected chi connectivity index (χ4v) is 2.15. The molecule has 0 aliphatic heterocycles. The molecule has 1 amide bonds. The first-order chi connectivity index (χ1) is 11.7. The Bertz CT molecular complexity index is 664. The largest absolute Gasteiger partial charge is 0.489 e. The van der Waals surface area contributed by atoms with Crippen molar-refractivity contribution in [2.45, 2.75) is 26.0 Å². The fourth-order valence-electron chi connectivity index (χ4n) is 2.15. The number of benzene rings is 2. The summed E-state index contributed by atoms with van der Waals surface area (Å²) in [5.74, 6) is 0.537.